The first-order valence-electron chi connectivity index (χ1n) is 10.2. The number of hydrogen-bond acceptors (Lipinski definition) is 4. The number of methoxy groups -OCH3 is 1. The third-order valence-corrected chi connectivity index (χ3v) is 6.43. The van der Waals surface area contributed by atoms with Crippen LogP contribution in [0.25, 0.3) is 6.08 Å². The van der Waals surface area contributed by atoms with E-state index in [0.29, 0.717) is 49.1 Å². The van der Waals surface area contributed by atoms with Crippen molar-refractivity contribution in [3.63, 3.8) is 0 Å². The molecular formula is C23H24Br2ClN3O3. The van der Waals surface area contributed by atoms with Crippen molar-refractivity contribution in [1.82, 2.24) is 4.90 Å². The van der Waals surface area contributed by atoms with Gasteiger partial charge < -0.3 is 19.9 Å². The molecule has 0 aromatic heterocycles. The monoisotopic (exact) mass is 583 g/mol. The number of anilines is 2. The summed E-state index contributed by atoms with van der Waals surface area (Å²) in [7, 11) is 1.58. The van der Waals surface area contributed by atoms with Crippen LogP contribution in [-0.2, 0) is 9.59 Å². The molecule has 2 aromatic carbocycles. The Balaban J connectivity index is 1.75. The molecule has 0 bridgehead atoms. The van der Waals surface area contributed by atoms with Gasteiger partial charge in [0, 0.05) is 53.7 Å². The molecule has 170 valence electrons. The molecule has 0 radical (unpaired) electrons. The van der Waals surface area contributed by atoms with Crippen LogP contribution in [-0.4, -0.2) is 50.0 Å². The van der Waals surface area contributed by atoms with Crippen LogP contribution in [0.5, 0.6) is 5.75 Å². The molecule has 0 aliphatic carbocycles. The van der Waals surface area contributed by atoms with Gasteiger partial charge in [0.2, 0.25) is 11.8 Å². The molecule has 1 saturated heterocycles. The fraction of sp³-hybridized carbons (Fsp3) is 0.304. The molecule has 1 aliphatic rings. The second-order valence-electron chi connectivity index (χ2n) is 7.22. The predicted molar refractivity (Wildman–Crippen MR) is 137 cm³/mol. The number of benzene rings is 2. The summed E-state index contributed by atoms with van der Waals surface area (Å²) in [4.78, 5) is 28.7. The predicted octanol–water partition coefficient (Wildman–Crippen LogP) is 5.58. The number of ether oxygens (including phenoxy) is 1. The number of amides is 2. The van der Waals surface area contributed by atoms with Gasteiger partial charge in [0.1, 0.15) is 5.75 Å². The molecule has 1 N–H and O–H groups in total. The number of nitrogens with zero attached hydrogens (tertiary/aromatic N) is 2. The lowest BCUT2D eigenvalue weighted by molar-refractivity contribution is -0.131. The zero-order valence-electron chi connectivity index (χ0n) is 17.8. The van der Waals surface area contributed by atoms with Crippen LogP contribution in [0, 0.1) is 0 Å². The number of piperazine rings is 1. The highest BCUT2D eigenvalue weighted by Gasteiger charge is 2.22. The van der Waals surface area contributed by atoms with E-state index in [1.54, 1.807) is 25.3 Å². The minimum Gasteiger partial charge on any atom is -0.495 e. The topological polar surface area (TPSA) is 61.9 Å². The molecule has 1 fully saturated rings. The van der Waals surface area contributed by atoms with Crippen molar-refractivity contribution >= 4 is 72.7 Å². The number of halogens is 3. The number of carbonyl (C=O) groups is 2. The normalized spacial score (nSPS) is 14.0. The molecule has 1 heterocycles. The molecule has 1 aliphatic heterocycles. The number of rotatable bonds is 6. The minimum atomic E-state index is -0.286. The van der Waals surface area contributed by atoms with E-state index < -0.39 is 0 Å². The summed E-state index contributed by atoms with van der Waals surface area (Å²) < 4.78 is 7.08. The molecule has 9 heteroatoms. The molecule has 32 heavy (non-hydrogen) atoms. The third-order valence-electron chi connectivity index (χ3n) is 5.15. The maximum absolute atomic E-state index is 12.7. The smallest absolute Gasteiger partial charge is 0.248 e. The summed E-state index contributed by atoms with van der Waals surface area (Å²) in [6.07, 6.45) is 3.66. The van der Waals surface area contributed by atoms with Gasteiger partial charge >= 0.3 is 0 Å². The van der Waals surface area contributed by atoms with E-state index in [1.807, 2.05) is 30.0 Å². The van der Waals surface area contributed by atoms with Gasteiger partial charge in [-0.05, 0) is 52.3 Å². The van der Waals surface area contributed by atoms with Crippen LogP contribution in [0.4, 0.5) is 11.4 Å². The lowest BCUT2D eigenvalue weighted by atomic mass is 10.1. The van der Waals surface area contributed by atoms with E-state index in [4.69, 9.17) is 16.3 Å². The molecule has 0 spiro atoms. The first-order chi connectivity index (χ1) is 15.3. The van der Waals surface area contributed by atoms with Crippen molar-refractivity contribution in [3.8, 4) is 5.75 Å². The average Bonchev–Trinajstić information content (AvgIpc) is 2.77. The van der Waals surface area contributed by atoms with E-state index in [9.17, 15) is 9.59 Å². The van der Waals surface area contributed by atoms with Crippen LogP contribution in [0.15, 0.2) is 45.4 Å². The van der Waals surface area contributed by atoms with E-state index in [1.165, 1.54) is 6.08 Å². The van der Waals surface area contributed by atoms with Gasteiger partial charge in [0.05, 0.1) is 23.0 Å². The van der Waals surface area contributed by atoms with Gasteiger partial charge in [-0.15, -0.1) is 0 Å². The standard InChI is InChI=1S/C23H24Br2ClN3O3/c1-3-22(31)29-10-8-28(9-11-29)20-6-5-17(26)14-19(20)27-21(30)7-4-15-12-16(24)13-18(25)23(15)32-2/h4-7,12-14H,3,8-11H2,1-2H3,(H,27,30). The van der Waals surface area contributed by atoms with E-state index in [-0.39, 0.29) is 11.8 Å². The highest BCUT2D eigenvalue weighted by Crippen LogP contribution is 2.34. The van der Waals surface area contributed by atoms with Crippen molar-refractivity contribution in [3.05, 3.63) is 55.9 Å². The van der Waals surface area contributed by atoms with Gasteiger partial charge in [-0.25, -0.2) is 0 Å². The fourth-order valence-corrected chi connectivity index (χ4v) is 5.16. The zero-order valence-corrected chi connectivity index (χ0v) is 21.8. The molecule has 0 unspecified atom stereocenters. The van der Waals surface area contributed by atoms with Gasteiger partial charge in [0.25, 0.3) is 0 Å². The third kappa shape index (κ3) is 6.05. The Morgan fingerprint density at radius 2 is 1.88 bits per heavy atom. The van der Waals surface area contributed by atoms with E-state index in [2.05, 4.69) is 42.1 Å². The fourth-order valence-electron chi connectivity index (χ4n) is 3.56. The number of nitrogens with one attached hydrogen (secondary N) is 1. The summed E-state index contributed by atoms with van der Waals surface area (Å²) in [5.41, 5.74) is 2.26. The Morgan fingerprint density at radius 3 is 2.53 bits per heavy atom. The van der Waals surface area contributed by atoms with Crippen molar-refractivity contribution < 1.29 is 14.3 Å². The Bertz CT molecular complexity index is 1040. The van der Waals surface area contributed by atoms with E-state index in [0.717, 1.165) is 20.2 Å². The SMILES string of the molecule is CCC(=O)N1CCN(c2ccc(Cl)cc2NC(=O)C=Cc2cc(Br)cc(Br)c2OC)CC1. The number of carbonyl (C=O) groups excluding carboxylic acids is 2. The van der Waals surface area contributed by atoms with Gasteiger partial charge in [0.15, 0.2) is 0 Å². The molecular weight excluding hydrogens is 562 g/mol. The van der Waals surface area contributed by atoms with Crippen LogP contribution in [0.1, 0.15) is 18.9 Å². The second kappa shape index (κ2) is 11.2. The lowest BCUT2D eigenvalue weighted by Crippen LogP contribution is -2.48. The maximum atomic E-state index is 12.7. The Kier molecular flexibility index (Phi) is 8.62. The van der Waals surface area contributed by atoms with E-state index >= 15 is 0 Å². The first kappa shape index (κ1) is 24.6. The average molecular weight is 586 g/mol. The highest BCUT2D eigenvalue weighted by molar-refractivity contribution is 9.11. The molecule has 3 rings (SSSR count). The summed E-state index contributed by atoms with van der Waals surface area (Å²) in [5.74, 6) is 0.515. The van der Waals surface area contributed by atoms with Crippen LogP contribution in [0.3, 0.4) is 0 Å². The Morgan fingerprint density at radius 1 is 1.16 bits per heavy atom. The molecule has 2 aromatic rings. The quantitative estimate of drug-likeness (QED) is 0.450. The summed E-state index contributed by atoms with van der Waals surface area (Å²) >= 11 is 13.1. The molecule has 0 saturated carbocycles. The number of hydrogen-bond donors (Lipinski definition) is 1. The van der Waals surface area contributed by atoms with Crippen molar-refractivity contribution in [2.75, 3.05) is 43.5 Å². The summed E-state index contributed by atoms with van der Waals surface area (Å²) in [6, 6.07) is 9.18. The van der Waals surface area contributed by atoms with Crippen molar-refractivity contribution in [2.24, 2.45) is 0 Å². The first-order valence-corrected chi connectivity index (χ1v) is 12.1. The minimum absolute atomic E-state index is 0.161. The van der Waals surface area contributed by atoms with Gasteiger partial charge in [-0.1, -0.05) is 34.5 Å². The highest BCUT2D eigenvalue weighted by atomic mass is 79.9. The summed E-state index contributed by atoms with van der Waals surface area (Å²) in [6.45, 7) is 4.56. The largest absolute Gasteiger partial charge is 0.495 e. The van der Waals surface area contributed by atoms with Crippen LogP contribution < -0.4 is 15.0 Å². The van der Waals surface area contributed by atoms with Crippen LogP contribution in [0.2, 0.25) is 5.02 Å². The Labute approximate surface area is 209 Å². The zero-order chi connectivity index (χ0) is 23.3. The maximum Gasteiger partial charge on any atom is 0.248 e. The lowest BCUT2D eigenvalue weighted by Gasteiger charge is -2.37. The molecule has 0 atom stereocenters. The summed E-state index contributed by atoms with van der Waals surface area (Å²) in [5, 5.41) is 3.47. The second-order valence-corrected chi connectivity index (χ2v) is 9.42. The molecule has 6 nitrogen and oxygen atoms in total. The van der Waals surface area contributed by atoms with Crippen LogP contribution >= 0.6 is 43.5 Å². The van der Waals surface area contributed by atoms with Gasteiger partial charge in [-0.3, -0.25) is 9.59 Å². The molecule has 2 amide bonds. The van der Waals surface area contributed by atoms with Crippen molar-refractivity contribution in [2.45, 2.75) is 13.3 Å². The van der Waals surface area contributed by atoms with Gasteiger partial charge in [-0.2, -0.15) is 0 Å². The van der Waals surface area contributed by atoms with Crippen molar-refractivity contribution in [1.29, 1.82) is 0 Å². The Hall–Kier alpha value is -2.03.